The summed E-state index contributed by atoms with van der Waals surface area (Å²) in [6, 6.07) is 7.80. The minimum Gasteiger partial charge on any atom is -0.465 e. The molecule has 1 amide bonds. The summed E-state index contributed by atoms with van der Waals surface area (Å²) in [6.45, 7) is 1.50. The fourth-order valence-electron chi connectivity index (χ4n) is 2.97. The van der Waals surface area contributed by atoms with Crippen LogP contribution in [0.25, 0.3) is 10.9 Å². The highest BCUT2D eigenvalue weighted by atomic mass is 16.4. The molecule has 1 aromatic carbocycles. The van der Waals surface area contributed by atoms with E-state index >= 15 is 0 Å². The summed E-state index contributed by atoms with van der Waals surface area (Å²) < 4.78 is 0. The molecule has 0 radical (unpaired) electrons. The number of amides is 1. The fraction of sp³-hybridized carbons (Fsp3) is 0.333. The summed E-state index contributed by atoms with van der Waals surface area (Å²) in [6.07, 6.45) is 2.48. The van der Waals surface area contributed by atoms with Gasteiger partial charge in [-0.25, -0.2) is 4.79 Å². The molecule has 2 heterocycles. The van der Waals surface area contributed by atoms with Crippen molar-refractivity contribution in [1.29, 1.82) is 0 Å². The van der Waals surface area contributed by atoms with Gasteiger partial charge >= 0.3 is 6.09 Å². The molecule has 0 saturated carbocycles. The molecule has 6 heteroatoms. The van der Waals surface area contributed by atoms with Gasteiger partial charge in [-0.1, -0.05) is 18.2 Å². The second-order valence-electron chi connectivity index (χ2n) is 5.31. The predicted molar refractivity (Wildman–Crippen MR) is 82.6 cm³/mol. The van der Waals surface area contributed by atoms with E-state index in [1.165, 1.54) is 0 Å². The van der Waals surface area contributed by atoms with Crippen molar-refractivity contribution in [3.63, 3.8) is 0 Å². The van der Waals surface area contributed by atoms with Gasteiger partial charge in [0.1, 0.15) is 0 Å². The van der Waals surface area contributed by atoms with E-state index in [-0.39, 0.29) is 6.04 Å². The number of aromatic nitrogens is 1. The van der Waals surface area contributed by atoms with Gasteiger partial charge in [-0.2, -0.15) is 0 Å². The standard InChI is InChI=1S/C15H18N4O2/c16-12-8-17-13-6-2-1-5-11(13)14(12)19-7-3-4-10(9-19)18-15(20)21/h1-2,5-6,8,10,18H,3-4,7,9,16H2,(H,20,21)/t10-/m0/s1. The van der Waals surface area contributed by atoms with Crippen molar-refractivity contribution in [2.75, 3.05) is 23.7 Å². The molecule has 6 nitrogen and oxygen atoms in total. The highest BCUT2D eigenvalue weighted by Crippen LogP contribution is 2.33. The quantitative estimate of drug-likeness (QED) is 0.786. The van der Waals surface area contributed by atoms with Crippen molar-refractivity contribution in [1.82, 2.24) is 10.3 Å². The van der Waals surface area contributed by atoms with Crippen LogP contribution in [0.5, 0.6) is 0 Å². The first kappa shape index (κ1) is 13.5. The van der Waals surface area contributed by atoms with Gasteiger partial charge in [0.05, 0.1) is 23.1 Å². The van der Waals surface area contributed by atoms with Crippen molar-refractivity contribution in [2.24, 2.45) is 0 Å². The summed E-state index contributed by atoms with van der Waals surface area (Å²) in [5, 5.41) is 12.5. The zero-order chi connectivity index (χ0) is 14.8. The van der Waals surface area contributed by atoms with Gasteiger partial charge < -0.3 is 21.1 Å². The normalized spacial score (nSPS) is 18.7. The second kappa shape index (κ2) is 5.47. The van der Waals surface area contributed by atoms with Crippen molar-refractivity contribution in [2.45, 2.75) is 18.9 Å². The maximum Gasteiger partial charge on any atom is 0.404 e. The van der Waals surface area contributed by atoms with E-state index < -0.39 is 6.09 Å². The number of pyridine rings is 1. The fourth-order valence-corrected chi connectivity index (χ4v) is 2.97. The number of para-hydroxylation sites is 1. The zero-order valence-electron chi connectivity index (χ0n) is 11.6. The highest BCUT2D eigenvalue weighted by molar-refractivity contribution is 5.97. The lowest BCUT2D eigenvalue weighted by molar-refractivity contribution is 0.188. The Labute approximate surface area is 122 Å². The first-order chi connectivity index (χ1) is 10.1. The molecular weight excluding hydrogens is 268 g/mol. The Morgan fingerprint density at radius 2 is 2.24 bits per heavy atom. The van der Waals surface area contributed by atoms with Gasteiger partial charge in [0.2, 0.25) is 0 Å². The average Bonchev–Trinajstić information content (AvgIpc) is 2.46. The van der Waals surface area contributed by atoms with Crippen LogP contribution in [0, 0.1) is 0 Å². The van der Waals surface area contributed by atoms with Gasteiger partial charge in [-0.15, -0.1) is 0 Å². The summed E-state index contributed by atoms with van der Waals surface area (Å²) in [5.74, 6) is 0. The van der Waals surface area contributed by atoms with Crippen LogP contribution in [0.1, 0.15) is 12.8 Å². The van der Waals surface area contributed by atoms with E-state index in [9.17, 15) is 4.79 Å². The number of nitrogens with zero attached hydrogens (tertiary/aromatic N) is 2. The van der Waals surface area contributed by atoms with Crippen LogP contribution < -0.4 is 16.0 Å². The number of benzene rings is 1. The Morgan fingerprint density at radius 1 is 1.43 bits per heavy atom. The van der Waals surface area contributed by atoms with Crippen LogP contribution >= 0.6 is 0 Å². The number of hydrogen-bond donors (Lipinski definition) is 3. The lowest BCUT2D eigenvalue weighted by Crippen LogP contribution is -2.47. The third-order valence-corrected chi connectivity index (χ3v) is 3.84. The van der Waals surface area contributed by atoms with E-state index in [4.69, 9.17) is 10.8 Å². The largest absolute Gasteiger partial charge is 0.465 e. The van der Waals surface area contributed by atoms with Crippen molar-refractivity contribution in [3.05, 3.63) is 30.5 Å². The van der Waals surface area contributed by atoms with Crippen LogP contribution in [-0.4, -0.2) is 35.3 Å². The number of nitrogens with one attached hydrogen (secondary N) is 1. The van der Waals surface area contributed by atoms with E-state index in [1.54, 1.807) is 6.20 Å². The first-order valence-electron chi connectivity index (χ1n) is 7.03. The van der Waals surface area contributed by atoms with Crippen molar-refractivity contribution in [3.8, 4) is 0 Å². The molecular formula is C15H18N4O2. The molecule has 1 saturated heterocycles. The molecule has 0 aliphatic carbocycles. The van der Waals surface area contributed by atoms with Gasteiger partial charge in [0, 0.05) is 24.5 Å². The molecule has 3 rings (SSSR count). The Balaban J connectivity index is 1.96. The number of rotatable bonds is 2. The van der Waals surface area contributed by atoms with E-state index in [0.29, 0.717) is 12.2 Å². The number of nitrogens with two attached hydrogens (primary N) is 1. The van der Waals surface area contributed by atoms with Crippen LogP contribution in [0.4, 0.5) is 16.2 Å². The lowest BCUT2D eigenvalue weighted by atomic mass is 10.0. The van der Waals surface area contributed by atoms with E-state index in [2.05, 4.69) is 15.2 Å². The molecule has 1 aromatic heterocycles. The van der Waals surface area contributed by atoms with Crippen LogP contribution in [0.3, 0.4) is 0 Å². The number of carbonyl (C=O) groups is 1. The maximum atomic E-state index is 10.8. The van der Waals surface area contributed by atoms with Crippen molar-refractivity contribution >= 4 is 28.4 Å². The Morgan fingerprint density at radius 3 is 3.05 bits per heavy atom. The van der Waals surface area contributed by atoms with E-state index in [0.717, 1.165) is 36.0 Å². The monoisotopic (exact) mass is 286 g/mol. The number of nitrogen functional groups attached to an aromatic ring is 1. The number of fused-ring (bicyclic) bond motifs is 1. The SMILES string of the molecule is Nc1cnc2ccccc2c1N1CCC[C@H](NC(=O)O)C1. The minimum absolute atomic E-state index is 0.0671. The number of carboxylic acid groups (broad SMARTS) is 1. The average molecular weight is 286 g/mol. The van der Waals surface area contributed by atoms with E-state index in [1.807, 2.05) is 24.3 Å². The molecule has 1 atom stereocenters. The third-order valence-electron chi connectivity index (χ3n) is 3.84. The first-order valence-corrected chi connectivity index (χ1v) is 7.03. The predicted octanol–water partition coefficient (Wildman–Crippen LogP) is 2.05. The molecule has 2 aromatic rings. The Hall–Kier alpha value is -2.50. The van der Waals surface area contributed by atoms with Gasteiger partial charge in [0.25, 0.3) is 0 Å². The summed E-state index contributed by atoms with van der Waals surface area (Å²) in [5.41, 5.74) is 8.61. The summed E-state index contributed by atoms with van der Waals surface area (Å²) >= 11 is 0. The topological polar surface area (TPSA) is 91.5 Å². The molecule has 4 N–H and O–H groups in total. The summed E-state index contributed by atoms with van der Waals surface area (Å²) in [7, 11) is 0. The maximum absolute atomic E-state index is 10.8. The van der Waals surface area contributed by atoms with Gasteiger partial charge in [0.15, 0.2) is 0 Å². The lowest BCUT2D eigenvalue weighted by Gasteiger charge is -2.35. The molecule has 1 fully saturated rings. The van der Waals surface area contributed by atoms with Crippen molar-refractivity contribution < 1.29 is 9.90 Å². The van der Waals surface area contributed by atoms with Crippen LogP contribution in [0.2, 0.25) is 0 Å². The third kappa shape index (κ3) is 2.69. The molecule has 110 valence electrons. The number of piperidine rings is 1. The van der Waals surface area contributed by atoms with Gasteiger partial charge in [-0.05, 0) is 18.9 Å². The molecule has 1 aliphatic rings. The van der Waals surface area contributed by atoms with Gasteiger partial charge in [-0.3, -0.25) is 4.98 Å². The van der Waals surface area contributed by atoms with Crippen LogP contribution in [-0.2, 0) is 0 Å². The molecule has 21 heavy (non-hydrogen) atoms. The second-order valence-corrected chi connectivity index (χ2v) is 5.31. The molecule has 0 unspecified atom stereocenters. The highest BCUT2D eigenvalue weighted by Gasteiger charge is 2.24. The summed E-state index contributed by atoms with van der Waals surface area (Å²) in [4.78, 5) is 17.3. The molecule has 0 bridgehead atoms. The Kier molecular flexibility index (Phi) is 3.51. The number of anilines is 2. The van der Waals surface area contributed by atoms with Crippen LogP contribution in [0.15, 0.2) is 30.5 Å². The molecule has 1 aliphatic heterocycles. The zero-order valence-corrected chi connectivity index (χ0v) is 11.6. The Bertz CT molecular complexity index is 674. The number of hydrogen-bond acceptors (Lipinski definition) is 4. The molecule has 0 spiro atoms. The smallest absolute Gasteiger partial charge is 0.404 e. The minimum atomic E-state index is -0.977.